The zero-order chi connectivity index (χ0) is 11.1. The number of aliphatic hydroxyl groups is 1. The number of rotatable bonds is 4. The quantitative estimate of drug-likeness (QED) is 0.467. The van der Waals surface area contributed by atoms with E-state index in [0.717, 1.165) is 5.56 Å². The molecule has 1 aromatic carbocycles. The Kier molecular flexibility index (Phi) is 4.41. The van der Waals surface area contributed by atoms with Crippen molar-refractivity contribution in [2.24, 2.45) is 0 Å². The second-order valence-corrected chi connectivity index (χ2v) is 3.00. The summed E-state index contributed by atoms with van der Waals surface area (Å²) >= 11 is 0. The fraction of sp³-hybridized carbons (Fsp3) is 0.250. The number of benzene rings is 1. The van der Waals surface area contributed by atoms with Gasteiger partial charge in [0.25, 0.3) is 0 Å². The predicted molar refractivity (Wildman–Crippen MR) is 57.5 cm³/mol. The molecule has 0 saturated heterocycles. The van der Waals surface area contributed by atoms with E-state index in [-0.39, 0.29) is 12.4 Å². The third-order valence-electron chi connectivity index (χ3n) is 1.86. The van der Waals surface area contributed by atoms with Gasteiger partial charge >= 0.3 is 5.97 Å². The van der Waals surface area contributed by atoms with E-state index in [4.69, 9.17) is 0 Å². The van der Waals surface area contributed by atoms with Crippen LogP contribution in [-0.2, 0) is 16.0 Å². The van der Waals surface area contributed by atoms with E-state index >= 15 is 0 Å². The predicted octanol–water partition coefficient (Wildman–Crippen LogP) is 2.23. The minimum absolute atomic E-state index is 0.266. The van der Waals surface area contributed by atoms with E-state index in [1.165, 1.54) is 6.08 Å². The molecule has 0 atom stereocenters. The minimum Gasteiger partial charge on any atom is -0.502 e. The van der Waals surface area contributed by atoms with Crippen molar-refractivity contribution in [2.75, 3.05) is 6.61 Å². The van der Waals surface area contributed by atoms with Crippen molar-refractivity contribution in [3.05, 3.63) is 47.7 Å². The number of aliphatic hydroxyl groups excluding tert-OH is 1. The molecule has 0 amide bonds. The van der Waals surface area contributed by atoms with E-state index in [9.17, 15) is 9.90 Å². The van der Waals surface area contributed by atoms with E-state index in [2.05, 4.69) is 4.74 Å². The third kappa shape index (κ3) is 3.85. The molecule has 0 saturated carbocycles. The van der Waals surface area contributed by atoms with Crippen LogP contribution in [0.5, 0.6) is 0 Å². The molecule has 3 nitrogen and oxygen atoms in total. The zero-order valence-corrected chi connectivity index (χ0v) is 8.64. The zero-order valence-electron chi connectivity index (χ0n) is 8.64. The fourth-order valence-electron chi connectivity index (χ4n) is 1.12. The molecule has 15 heavy (non-hydrogen) atoms. The number of hydrogen-bond donors (Lipinski definition) is 1. The second-order valence-electron chi connectivity index (χ2n) is 3.00. The van der Waals surface area contributed by atoms with Gasteiger partial charge in [0, 0.05) is 0 Å². The van der Waals surface area contributed by atoms with Gasteiger partial charge in [-0.05, 0) is 25.0 Å². The molecule has 0 spiro atoms. The van der Waals surface area contributed by atoms with Crippen LogP contribution >= 0.6 is 0 Å². The Morgan fingerprint density at radius 3 is 2.67 bits per heavy atom. The SMILES string of the molecule is CCOC(=O)C(O)=CCc1ccccc1. The average molecular weight is 206 g/mol. The Balaban J connectivity index is 2.54. The molecule has 1 N–H and O–H groups in total. The third-order valence-corrected chi connectivity index (χ3v) is 1.86. The fourth-order valence-corrected chi connectivity index (χ4v) is 1.12. The molecule has 0 bridgehead atoms. The lowest BCUT2D eigenvalue weighted by Gasteiger charge is -2.00. The molecule has 0 radical (unpaired) electrons. The molecular weight excluding hydrogens is 192 g/mol. The molecule has 0 unspecified atom stereocenters. The number of carbonyl (C=O) groups is 1. The molecular formula is C12H14O3. The second kappa shape index (κ2) is 5.86. The number of allylic oxidation sites excluding steroid dienone is 1. The van der Waals surface area contributed by atoms with Crippen LogP contribution in [0.25, 0.3) is 0 Å². The average Bonchev–Trinajstić information content (AvgIpc) is 2.27. The van der Waals surface area contributed by atoms with Crippen molar-refractivity contribution >= 4 is 5.97 Å². The molecule has 0 aliphatic rings. The summed E-state index contributed by atoms with van der Waals surface area (Å²) < 4.78 is 4.63. The first kappa shape index (κ1) is 11.3. The summed E-state index contributed by atoms with van der Waals surface area (Å²) in [5.74, 6) is -1.01. The summed E-state index contributed by atoms with van der Waals surface area (Å²) in [6, 6.07) is 9.58. The van der Waals surface area contributed by atoms with Gasteiger partial charge in [-0.15, -0.1) is 0 Å². The van der Waals surface area contributed by atoms with Crippen LogP contribution < -0.4 is 0 Å². The Labute approximate surface area is 89.0 Å². The maximum Gasteiger partial charge on any atom is 0.373 e. The van der Waals surface area contributed by atoms with Gasteiger partial charge in [0.2, 0.25) is 0 Å². The molecule has 80 valence electrons. The summed E-state index contributed by atoms with van der Waals surface area (Å²) in [7, 11) is 0. The van der Waals surface area contributed by atoms with Crippen LogP contribution in [0.1, 0.15) is 12.5 Å². The summed E-state index contributed by atoms with van der Waals surface area (Å²) in [4.78, 5) is 11.0. The highest BCUT2D eigenvalue weighted by molar-refractivity contribution is 5.85. The topological polar surface area (TPSA) is 46.5 Å². The smallest absolute Gasteiger partial charge is 0.373 e. The van der Waals surface area contributed by atoms with Gasteiger partial charge < -0.3 is 9.84 Å². The molecule has 1 aromatic rings. The van der Waals surface area contributed by atoms with Crippen LogP contribution in [0, 0.1) is 0 Å². The van der Waals surface area contributed by atoms with Gasteiger partial charge in [-0.2, -0.15) is 0 Å². The summed E-state index contributed by atoms with van der Waals surface area (Å²) in [6.07, 6.45) is 1.97. The van der Waals surface area contributed by atoms with Crippen molar-refractivity contribution < 1.29 is 14.6 Å². The van der Waals surface area contributed by atoms with Crippen molar-refractivity contribution in [2.45, 2.75) is 13.3 Å². The molecule has 0 aromatic heterocycles. The lowest BCUT2D eigenvalue weighted by Crippen LogP contribution is -2.07. The van der Waals surface area contributed by atoms with Crippen molar-refractivity contribution in [3.8, 4) is 0 Å². The van der Waals surface area contributed by atoms with Crippen LogP contribution in [-0.4, -0.2) is 17.7 Å². The van der Waals surface area contributed by atoms with Gasteiger partial charge in [0.05, 0.1) is 6.61 Å². The summed E-state index contributed by atoms with van der Waals surface area (Å²) in [5, 5.41) is 9.30. The Morgan fingerprint density at radius 2 is 2.07 bits per heavy atom. The number of hydrogen-bond acceptors (Lipinski definition) is 3. The maximum absolute atomic E-state index is 11.0. The van der Waals surface area contributed by atoms with Crippen LogP contribution in [0.2, 0.25) is 0 Å². The first-order chi connectivity index (χ1) is 7.24. The van der Waals surface area contributed by atoms with E-state index in [1.54, 1.807) is 6.92 Å². The van der Waals surface area contributed by atoms with Crippen molar-refractivity contribution in [3.63, 3.8) is 0 Å². The van der Waals surface area contributed by atoms with Crippen LogP contribution in [0.4, 0.5) is 0 Å². The van der Waals surface area contributed by atoms with Gasteiger partial charge in [0.1, 0.15) is 0 Å². The minimum atomic E-state index is -0.673. The largest absolute Gasteiger partial charge is 0.502 e. The van der Waals surface area contributed by atoms with E-state index < -0.39 is 5.97 Å². The van der Waals surface area contributed by atoms with Gasteiger partial charge in [-0.3, -0.25) is 0 Å². The first-order valence-corrected chi connectivity index (χ1v) is 4.84. The van der Waals surface area contributed by atoms with Crippen LogP contribution in [0.15, 0.2) is 42.2 Å². The van der Waals surface area contributed by atoms with Gasteiger partial charge in [-0.1, -0.05) is 30.3 Å². The molecule has 0 aliphatic heterocycles. The molecule has 1 rings (SSSR count). The molecule has 0 aliphatic carbocycles. The highest BCUT2D eigenvalue weighted by Gasteiger charge is 2.06. The van der Waals surface area contributed by atoms with Gasteiger partial charge in [0.15, 0.2) is 5.76 Å². The highest BCUT2D eigenvalue weighted by Crippen LogP contribution is 2.02. The lowest BCUT2D eigenvalue weighted by atomic mass is 10.1. The maximum atomic E-state index is 11.0. The Bertz CT molecular complexity index is 341. The van der Waals surface area contributed by atoms with Crippen LogP contribution in [0.3, 0.4) is 0 Å². The highest BCUT2D eigenvalue weighted by atomic mass is 16.5. The molecule has 0 fully saturated rings. The standard InChI is InChI=1S/C12H14O3/c1-2-15-12(14)11(13)9-8-10-6-4-3-5-7-10/h3-7,9,13H,2,8H2,1H3. The first-order valence-electron chi connectivity index (χ1n) is 4.84. The lowest BCUT2D eigenvalue weighted by molar-refractivity contribution is -0.141. The van der Waals surface area contributed by atoms with E-state index in [0.29, 0.717) is 6.42 Å². The number of ether oxygens (including phenoxy) is 1. The number of esters is 1. The Hall–Kier alpha value is -1.77. The van der Waals surface area contributed by atoms with Gasteiger partial charge in [-0.25, -0.2) is 4.79 Å². The monoisotopic (exact) mass is 206 g/mol. The Morgan fingerprint density at radius 1 is 1.40 bits per heavy atom. The number of carbonyl (C=O) groups excluding carboxylic acids is 1. The summed E-state index contributed by atoms with van der Waals surface area (Å²) in [6.45, 7) is 1.96. The van der Waals surface area contributed by atoms with Crippen molar-refractivity contribution in [1.29, 1.82) is 0 Å². The van der Waals surface area contributed by atoms with E-state index in [1.807, 2.05) is 30.3 Å². The normalized spacial score (nSPS) is 11.1. The molecule has 3 heteroatoms. The van der Waals surface area contributed by atoms with Crippen molar-refractivity contribution in [1.82, 2.24) is 0 Å². The summed E-state index contributed by atoms with van der Waals surface area (Å²) in [5.41, 5.74) is 1.04. The molecule has 0 heterocycles.